The Labute approximate surface area is 179 Å². The first kappa shape index (κ1) is 20.9. The van der Waals surface area contributed by atoms with Crippen LogP contribution in [-0.4, -0.2) is 41.3 Å². The van der Waals surface area contributed by atoms with E-state index in [1.54, 1.807) is 6.92 Å². The summed E-state index contributed by atoms with van der Waals surface area (Å²) >= 11 is 0. The van der Waals surface area contributed by atoms with E-state index in [2.05, 4.69) is 32.6 Å². The second-order valence-electron chi connectivity index (χ2n) is 11.6. The molecule has 3 saturated heterocycles. The van der Waals surface area contributed by atoms with E-state index in [-0.39, 0.29) is 29.0 Å². The van der Waals surface area contributed by atoms with Crippen molar-refractivity contribution in [2.75, 3.05) is 6.61 Å². The first-order chi connectivity index (χ1) is 13.9. The van der Waals surface area contributed by atoms with Crippen molar-refractivity contribution in [3.63, 3.8) is 0 Å². The molecule has 5 heteroatoms. The van der Waals surface area contributed by atoms with Gasteiger partial charge in [0.05, 0.1) is 12.7 Å². The van der Waals surface area contributed by atoms with Gasteiger partial charge >= 0.3 is 0 Å². The van der Waals surface area contributed by atoms with Gasteiger partial charge in [0.25, 0.3) is 0 Å². The zero-order valence-electron chi connectivity index (χ0n) is 19.2. The van der Waals surface area contributed by atoms with E-state index >= 15 is 0 Å². The zero-order chi connectivity index (χ0) is 21.9. The normalized spacial score (nSPS) is 52.3. The van der Waals surface area contributed by atoms with Crippen molar-refractivity contribution < 1.29 is 24.1 Å². The summed E-state index contributed by atoms with van der Waals surface area (Å²) in [5, 5.41) is 12.0. The van der Waals surface area contributed by atoms with Gasteiger partial charge in [-0.1, -0.05) is 38.2 Å². The molecule has 1 unspecified atom stereocenters. The average molecular weight is 417 g/mol. The van der Waals surface area contributed by atoms with Crippen LogP contribution in [0.15, 0.2) is 24.3 Å². The minimum Gasteiger partial charge on any atom is -0.387 e. The Morgan fingerprint density at radius 3 is 2.50 bits per heavy atom. The Bertz CT molecular complexity index is 842. The number of aliphatic hydroxyl groups is 1. The molecule has 1 N–H and O–H groups in total. The maximum absolute atomic E-state index is 13.7. The highest BCUT2D eigenvalue weighted by Gasteiger charge is 2.85. The van der Waals surface area contributed by atoms with Crippen molar-refractivity contribution in [1.29, 1.82) is 0 Å². The average Bonchev–Trinajstić information content (AvgIpc) is 2.61. The molecule has 6 aliphatic rings. The molecule has 5 fully saturated rings. The number of allylic oxidation sites excluding steroid dienone is 1. The van der Waals surface area contributed by atoms with Crippen LogP contribution in [-0.2, 0) is 19.0 Å². The highest BCUT2D eigenvalue weighted by atomic mass is 16.8. The van der Waals surface area contributed by atoms with Gasteiger partial charge < -0.3 is 19.3 Å². The summed E-state index contributed by atoms with van der Waals surface area (Å²) in [5.41, 5.74) is -0.575. The smallest absolute Gasteiger partial charge is 0.213 e. The molecule has 3 aliphatic heterocycles. The van der Waals surface area contributed by atoms with Crippen LogP contribution in [0.5, 0.6) is 0 Å². The number of Topliss-reactive ketones (excluding diaryl/α,β-unsaturated/α-hetero) is 1. The fourth-order valence-electron chi connectivity index (χ4n) is 8.35. The minimum atomic E-state index is -1.40. The molecule has 6 rings (SSSR count). The first-order valence-electron chi connectivity index (χ1n) is 11.4. The van der Waals surface area contributed by atoms with E-state index in [0.29, 0.717) is 6.61 Å². The van der Waals surface area contributed by atoms with E-state index in [1.165, 1.54) is 0 Å². The lowest BCUT2D eigenvalue weighted by atomic mass is 9.35. The molecule has 0 amide bonds. The van der Waals surface area contributed by atoms with E-state index in [0.717, 1.165) is 24.8 Å². The highest BCUT2D eigenvalue weighted by Crippen LogP contribution is 2.76. The molecule has 0 radical (unpaired) electrons. The Kier molecular flexibility index (Phi) is 4.08. The number of hydrogen-bond donors (Lipinski definition) is 1. The molecule has 0 aromatic carbocycles. The van der Waals surface area contributed by atoms with Crippen LogP contribution in [0.2, 0.25) is 0 Å². The molecule has 30 heavy (non-hydrogen) atoms. The van der Waals surface area contributed by atoms with Crippen molar-refractivity contribution in [1.82, 2.24) is 0 Å². The Morgan fingerprint density at radius 2 is 1.87 bits per heavy atom. The van der Waals surface area contributed by atoms with Crippen molar-refractivity contribution in [3.8, 4) is 0 Å². The number of ether oxygens (including phenoxy) is 3. The van der Waals surface area contributed by atoms with Gasteiger partial charge in [-0.2, -0.15) is 0 Å². The Hall–Kier alpha value is -1.01. The van der Waals surface area contributed by atoms with Crippen LogP contribution in [0, 0.1) is 34.0 Å². The Morgan fingerprint density at radius 1 is 1.17 bits per heavy atom. The SMILES string of the molecule is C=C(C)[C@@H]1CC[C@H]2[C@]34C=CCC(C)(C)[C@H]3[C@H](O)C3(OC4)OC(C)(C)O[C@H]1[C@@]23C(C)=O. The van der Waals surface area contributed by atoms with E-state index < -0.39 is 34.6 Å². The second-order valence-corrected chi connectivity index (χ2v) is 11.6. The number of aliphatic hydroxyl groups excluding tert-OH is 1. The molecule has 2 bridgehead atoms. The summed E-state index contributed by atoms with van der Waals surface area (Å²) in [5.74, 6) is -2.41. The van der Waals surface area contributed by atoms with Crippen LogP contribution >= 0.6 is 0 Å². The van der Waals surface area contributed by atoms with Crippen LogP contribution in [0.4, 0.5) is 0 Å². The van der Waals surface area contributed by atoms with Gasteiger partial charge in [0, 0.05) is 17.3 Å². The molecule has 2 saturated carbocycles. The number of fused-ring (bicyclic) bond motifs is 1. The van der Waals surface area contributed by atoms with E-state index in [4.69, 9.17) is 14.2 Å². The van der Waals surface area contributed by atoms with Gasteiger partial charge in [-0.3, -0.25) is 4.79 Å². The van der Waals surface area contributed by atoms with E-state index in [1.807, 2.05) is 20.8 Å². The lowest BCUT2D eigenvalue weighted by Gasteiger charge is -2.77. The maximum atomic E-state index is 13.7. The summed E-state index contributed by atoms with van der Waals surface area (Å²) in [6.07, 6.45) is 5.82. The van der Waals surface area contributed by atoms with Crippen molar-refractivity contribution >= 4 is 5.78 Å². The van der Waals surface area contributed by atoms with Crippen LogP contribution < -0.4 is 0 Å². The molecular formula is C25H36O5. The predicted molar refractivity (Wildman–Crippen MR) is 112 cm³/mol. The molecule has 3 aliphatic carbocycles. The quantitative estimate of drug-likeness (QED) is 0.689. The Balaban J connectivity index is 1.83. The van der Waals surface area contributed by atoms with Crippen LogP contribution in [0.1, 0.15) is 60.8 Å². The lowest BCUT2D eigenvalue weighted by molar-refractivity contribution is -0.527. The number of ketones is 1. The number of carbonyl (C=O) groups excluding carboxylic acids is 1. The number of rotatable bonds is 2. The summed E-state index contributed by atoms with van der Waals surface area (Å²) < 4.78 is 19.7. The predicted octanol–water partition coefficient (Wildman–Crippen LogP) is 4.01. The lowest BCUT2D eigenvalue weighted by Crippen LogP contribution is -2.88. The standard InChI is InChI=1S/C25H36O5/c1-14(2)16-9-10-17-23-12-8-11-21(4,5)18(23)19(27)25(28-13-23)24(17,15(3)26)20(16)29-22(6,7)30-25/h8,12,16-20,27H,1,9-11,13H2,2-7H3/t16-,17-,18+,19-,20+,23+,24+,25?/m0/s1. The van der Waals surface area contributed by atoms with Gasteiger partial charge in [-0.25, -0.2) is 0 Å². The molecular weight excluding hydrogens is 380 g/mol. The molecule has 166 valence electrons. The molecule has 0 aromatic rings. The molecule has 0 aromatic heterocycles. The van der Waals surface area contributed by atoms with Crippen LogP contribution in [0.3, 0.4) is 0 Å². The van der Waals surface area contributed by atoms with Gasteiger partial charge in [0.1, 0.15) is 17.3 Å². The summed E-state index contributed by atoms with van der Waals surface area (Å²) in [4.78, 5) is 13.7. The number of hydrogen-bond acceptors (Lipinski definition) is 5. The van der Waals surface area contributed by atoms with Gasteiger partial charge in [0.15, 0.2) is 5.79 Å². The molecule has 2 spiro atoms. The largest absolute Gasteiger partial charge is 0.387 e. The summed E-state index contributed by atoms with van der Waals surface area (Å²) in [7, 11) is 0. The highest BCUT2D eigenvalue weighted by molar-refractivity contribution is 5.86. The van der Waals surface area contributed by atoms with Crippen LogP contribution in [0.25, 0.3) is 0 Å². The van der Waals surface area contributed by atoms with Crippen molar-refractivity contribution in [2.45, 2.75) is 84.6 Å². The second kappa shape index (κ2) is 5.86. The minimum absolute atomic E-state index is 0.00262. The maximum Gasteiger partial charge on any atom is 0.213 e. The third-order valence-corrected chi connectivity index (χ3v) is 9.11. The van der Waals surface area contributed by atoms with Gasteiger partial charge in [-0.15, -0.1) is 0 Å². The third-order valence-electron chi connectivity index (χ3n) is 9.11. The summed E-state index contributed by atoms with van der Waals surface area (Å²) in [6.45, 7) is 16.5. The van der Waals surface area contributed by atoms with Gasteiger partial charge in [0.2, 0.25) is 5.79 Å². The van der Waals surface area contributed by atoms with Gasteiger partial charge in [-0.05, 0) is 58.3 Å². The molecule has 8 atom stereocenters. The topological polar surface area (TPSA) is 65.0 Å². The van der Waals surface area contributed by atoms with Crippen molar-refractivity contribution in [2.24, 2.45) is 34.0 Å². The van der Waals surface area contributed by atoms with Crippen molar-refractivity contribution in [3.05, 3.63) is 24.3 Å². The molecule has 5 nitrogen and oxygen atoms in total. The number of carbonyl (C=O) groups is 1. The third kappa shape index (κ3) is 2.11. The summed E-state index contributed by atoms with van der Waals surface area (Å²) in [6, 6.07) is 0. The fraction of sp³-hybridized carbons (Fsp3) is 0.800. The van der Waals surface area contributed by atoms with E-state index in [9.17, 15) is 9.90 Å². The molecule has 3 heterocycles. The zero-order valence-corrected chi connectivity index (χ0v) is 19.2. The first-order valence-corrected chi connectivity index (χ1v) is 11.4. The fourth-order valence-corrected chi connectivity index (χ4v) is 8.35. The monoisotopic (exact) mass is 416 g/mol.